The van der Waals surface area contributed by atoms with Gasteiger partial charge in [0.2, 0.25) is 0 Å². The standard InChI is InChI=1S/C12H15N3OS/c1-9-14-10(8-17-9)6-15(2)7-12(16)11-4-3-5-13-11/h3-5,8,13H,6-7H2,1-2H3. The van der Waals surface area contributed by atoms with E-state index in [0.29, 0.717) is 18.8 Å². The number of carbonyl (C=O) groups is 1. The maximum atomic E-state index is 11.8. The van der Waals surface area contributed by atoms with Crippen molar-refractivity contribution in [2.45, 2.75) is 13.5 Å². The smallest absolute Gasteiger partial charge is 0.192 e. The first-order valence-electron chi connectivity index (χ1n) is 5.41. The van der Waals surface area contributed by atoms with Crippen LogP contribution in [0.4, 0.5) is 0 Å². The van der Waals surface area contributed by atoms with Crippen LogP contribution in [0, 0.1) is 6.92 Å². The second kappa shape index (κ2) is 5.25. The Labute approximate surface area is 104 Å². The van der Waals surface area contributed by atoms with Crippen LogP contribution in [0.5, 0.6) is 0 Å². The minimum absolute atomic E-state index is 0.101. The van der Waals surface area contributed by atoms with Crippen molar-refractivity contribution in [3.63, 3.8) is 0 Å². The number of aromatic nitrogens is 2. The summed E-state index contributed by atoms with van der Waals surface area (Å²) in [7, 11) is 1.93. The molecule has 0 bridgehead atoms. The molecule has 0 aliphatic heterocycles. The van der Waals surface area contributed by atoms with E-state index in [4.69, 9.17) is 0 Å². The zero-order valence-corrected chi connectivity index (χ0v) is 10.8. The molecule has 5 heteroatoms. The molecule has 0 saturated carbocycles. The van der Waals surface area contributed by atoms with Crippen molar-refractivity contribution in [2.75, 3.05) is 13.6 Å². The van der Waals surface area contributed by atoms with Gasteiger partial charge < -0.3 is 4.98 Å². The lowest BCUT2D eigenvalue weighted by atomic mass is 10.2. The number of H-pyrrole nitrogens is 1. The molecular formula is C12H15N3OS. The summed E-state index contributed by atoms with van der Waals surface area (Å²) in [6.45, 7) is 3.09. The second-order valence-electron chi connectivity index (χ2n) is 4.04. The second-order valence-corrected chi connectivity index (χ2v) is 5.10. The third-order valence-electron chi connectivity index (χ3n) is 2.41. The Hall–Kier alpha value is -1.46. The maximum Gasteiger partial charge on any atom is 0.192 e. The lowest BCUT2D eigenvalue weighted by Crippen LogP contribution is -2.25. The Morgan fingerprint density at radius 3 is 3.00 bits per heavy atom. The van der Waals surface area contributed by atoms with Gasteiger partial charge in [0.15, 0.2) is 5.78 Å². The van der Waals surface area contributed by atoms with Crippen LogP contribution >= 0.6 is 11.3 Å². The fourth-order valence-electron chi connectivity index (χ4n) is 1.65. The molecule has 1 N–H and O–H groups in total. The molecule has 17 heavy (non-hydrogen) atoms. The van der Waals surface area contributed by atoms with Crippen LogP contribution in [-0.4, -0.2) is 34.2 Å². The van der Waals surface area contributed by atoms with Gasteiger partial charge in [-0.2, -0.15) is 0 Å². The van der Waals surface area contributed by atoms with E-state index in [-0.39, 0.29) is 5.78 Å². The first kappa shape index (κ1) is 12.0. The van der Waals surface area contributed by atoms with Crippen LogP contribution in [-0.2, 0) is 6.54 Å². The number of rotatable bonds is 5. The minimum Gasteiger partial charge on any atom is -0.359 e. The average Bonchev–Trinajstić information content (AvgIpc) is 2.89. The summed E-state index contributed by atoms with van der Waals surface area (Å²) in [6.07, 6.45) is 1.76. The molecule has 0 amide bonds. The van der Waals surface area contributed by atoms with Gasteiger partial charge in [-0.05, 0) is 26.1 Å². The number of likely N-dealkylation sites (N-methyl/N-ethyl adjacent to an activating group) is 1. The molecule has 0 aliphatic carbocycles. The minimum atomic E-state index is 0.101. The van der Waals surface area contributed by atoms with E-state index in [1.807, 2.05) is 30.3 Å². The lowest BCUT2D eigenvalue weighted by Gasteiger charge is -2.13. The number of thiazole rings is 1. The van der Waals surface area contributed by atoms with Crippen LogP contribution in [0.25, 0.3) is 0 Å². The highest BCUT2D eigenvalue weighted by Crippen LogP contribution is 2.10. The summed E-state index contributed by atoms with van der Waals surface area (Å²) < 4.78 is 0. The number of nitrogens with one attached hydrogen (secondary N) is 1. The number of aryl methyl sites for hydroxylation is 1. The molecule has 0 atom stereocenters. The quantitative estimate of drug-likeness (QED) is 0.825. The monoisotopic (exact) mass is 249 g/mol. The summed E-state index contributed by atoms with van der Waals surface area (Å²) in [6, 6.07) is 3.63. The van der Waals surface area contributed by atoms with Gasteiger partial charge in [0, 0.05) is 18.1 Å². The molecule has 0 aromatic carbocycles. The average molecular weight is 249 g/mol. The van der Waals surface area contributed by atoms with Crippen molar-refractivity contribution >= 4 is 17.1 Å². The van der Waals surface area contributed by atoms with E-state index in [0.717, 1.165) is 10.7 Å². The Bertz CT molecular complexity index is 490. The fourth-order valence-corrected chi connectivity index (χ4v) is 2.25. The summed E-state index contributed by atoms with van der Waals surface area (Å²) in [5.74, 6) is 0.101. The largest absolute Gasteiger partial charge is 0.359 e. The number of Topliss-reactive ketones (excluding diaryl/α,β-unsaturated/α-hetero) is 1. The number of carbonyl (C=O) groups excluding carboxylic acids is 1. The van der Waals surface area contributed by atoms with Gasteiger partial charge in [0.25, 0.3) is 0 Å². The van der Waals surface area contributed by atoms with Crippen LogP contribution in [0.2, 0.25) is 0 Å². The van der Waals surface area contributed by atoms with E-state index < -0.39 is 0 Å². The highest BCUT2D eigenvalue weighted by molar-refractivity contribution is 7.09. The predicted octanol–water partition coefficient (Wildman–Crippen LogP) is 2.09. The molecule has 2 rings (SSSR count). The molecule has 2 aromatic heterocycles. The van der Waals surface area contributed by atoms with Gasteiger partial charge in [-0.25, -0.2) is 4.98 Å². The van der Waals surface area contributed by atoms with Gasteiger partial charge in [0.05, 0.1) is 22.9 Å². The molecule has 0 aliphatic rings. The van der Waals surface area contributed by atoms with Crippen molar-refractivity contribution in [1.82, 2.24) is 14.9 Å². The summed E-state index contributed by atoms with van der Waals surface area (Å²) >= 11 is 1.63. The fraction of sp³-hybridized carbons (Fsp3) is 0.333. The van der Waals surface area contributed by atoms with Gasteiger partial charge in [0.1, 0.15) is 0 Å². The molecule has 0 saturated heterocycles. The van der Waals surface area contributed by atoms with Crippen molar-refractivity contribution in [1.29, 1.82) is 0 Å². The Morgan fingerprint density at radius 2 is 2.41 bits per heavy atom. The number of hydrogen-bond acceptors (Lipinski definition) is 4. The number of aromatic amines is 1. The molecule has 0 fully saturated rings. The maximum absolute atomic E-state index is 11.8. The zero-order valence-electron chi connectivity index (χ0n) is 9.93. The van der Waals surface area contributed by atoms with E-state index in [1.165, 1.54) is 0 Å². The number of hydrogen-bond donors (Lipinski definition) is 1. The summed E-state index contributed by atoms with van der Waals surface area (Å²) in [5.41, 5.74) is 1.68. The third kappa shape index (κ3) is 3.25. The molecule has 2 aromatic rings. The van der Waals surface area contributed by atoms with Crippen LogP contribution in [0.15, 0.2) is 23.7 Å². The van der Waals surface area contributed by atoms with Crippen LogP contribution in [0.3, 0.4) is 0 Å². The van der Waals surface area contributed by atoms with Crippen LogP contribution in [0.1, 0.15) is 21.2 Å². The summed E-state index contributed by atoms with van der Waals surface area (Å²) in [5, 5.41) is 3.09. The summed E-state index contributed by atoms with van der Waals surface area (Å²) in [4.78, 5) is 21.1. The number of ketones is 1. The van der Waals surface area contributed by atoms with Crippen LogP contribution < -0.4 is 0 Å². The molecule has 0 spiro atoms. The van der Waals surface area contributed by atoms with Crippen molar-refractivity contribution in [2.24, 2.45) is 0 Å². The van der Waals surface area contributed by atoms with Crippen molar-refractivity contribution in [3.8, 4) is 0 Å². The molecule has 2 heterocycles. The van der Waals surface area contributed by atoms with E-state index in [2.05, 4.69) is 9.97 Å². The Morgan fingerprint density at radius 1 is 1.59 bits per heavy atom. The van der Waals surface area contributed by atoms with Gasteiger partial charge in [-0.15, -0.1) is 11.3 Å². The molecular weight excluding hydrogens is 234 g/mol. The Kier molecular flexibility index (Phi) is 3.71. The molecule has 0 radical (unpaired) electrons. The third-order valence-corrected chi connectivity index (χ3v) is 3.23. The normalized spacial score (nSPS) is 11.0. The highest BCUT2D eigenvalue weighted by Gasteiger charge is 2.11. The molecule has 90 valence electrons. The highest BCUT2D eigenvalue weighted by atomic mass is 32.1. The first-order chi connectivity index (χ1) is 8.15. The first-order valence-corrected chi connectivity index (χ1v) is 6.29. The molecule has 4 nitrogen and oxygen atoms in total. The Balaban J connectivity index is 1.89. The topological polar surface area (TPSA) is 49.0 Å². The van der Waals surface area contributed by atoms with Gasteiger partial charge in [-0.3, -0.25) is 9.69 Å². The van der Waals surface area contributed by atoms with Gasteiger partial charge in [-0.1, -0.05) is 0 Å². The van der Waals surface area contributed by atoms with Gasteiger partial charge >= 0.3 is 0 Å². The zero-order chi connectivity index (χ0) is 12.3. The number of nitrogens with zero attached hydrogens (tertiary/aromatic N) is 2. The lowest BCUT2D eigenvalue weighted by molar-refractivity contribution is 0.0938. The molecule has 0 unspecified atom stereocenters. The van der Waals surface area contributed by atoms with E-state index in [9.17, 15) is 4.79 Å². The van der Waals surface area contributed by atoms with Crippen molar-refractivity contribution in [3.05, 3.63) is 40.1 Å². The van der Waals surface area contributed by atoms with E-state index >= 15 is 0 Å². The van der Waals surface area contributed by atoms with E-state index in [1.54, 1.807) is 23.6 Å². The SMILES string of the molecule is Cc1nc(CN(C)CC(=O)c2ccc[nH]2)cs1. The predicted molar refractivity (Wildman–Crippen MR) is 68.3 cm³/mol. The van der Waals surface area contributed by atoms with Crippen molar-refractivity contribution < 1.29 is 4.79 Å².